The molecule has 4 rings (SSSR count). The van der Waals surface area contributed by atoms with Crippen LogP contribution in [0.15, 0.2) is 47.5 Å². The number of hydrogen-bond donors (Lipinski definition) is 1. The molecule has 2 heterocycles. The Labute approximate surface area is 190 Å². The van der Waals surface area contributed by atoms with Crippen molar-refractivity contribution in [3.63, 3.8) is 0 Å². The quantitative estimate of drug-likeness (QED) is 0.645. The molecule has 1 aromatic heterocycles. The molecule has 1 fully saturated rings. The molecular formula is C24H26N4O3S. The van der Waals surface area contributed by atoms with E-state index in [4.69, 9.17) is 0 Å². The van der Waals surface area contributed by atoms with E-state index in [1.807, 2.05) is 51.1 Å². The second-order valence-corrected chi connectivity index (χ2v) is 9.13. The van der Waals surface area contributed by atoms with Gasteiger partial charge in [-0.05, 0) is 55.7 Å². The van der Waals surface area contributed by atoms with Crippen molar-refractivity contribution >= 4 is 40.2 Å². The Morgan fingerprint density at radius 2 is 1.94 bits per heavy atom. The van der Waals surface area contributed by atoms with Gasteiger partial charge in [0.15, 0.2) is 0 Å². The summed E-state index contributed by atoms with van der Waals surface area (Å²) >= 11 is 1.55. The highest BCUT2D eigenvalue weighted by atomic mass is 32.2. The number of anilines is 1. The highest BCUT2D eigenvalue weighted by molar-refractivity contribution is 7.99. The Kier molecular flexibility index (Phi) is 6.32. The molecule has 0 spiro atoms. The molecule has 166 valence electrons. The van der Waals surface area contributed by atoms with Gasteiger partial charge < -0.3 is 10.2 Å². The lowest BCUT2D eigenvalue weighted by Crippen LogP contribution is -2.44. The number of nitrogens with zero attached hydrogens (tertiary/aromatic N) is 3. The first-order chi connectivity index (χ1) is 15.3. The first-order valence-electron chi connectivity index (χ1n) is 10.6. The van der Waals surface area contributed by atoms with Crippen molar-refractivity contribution < 1.29 is 9.59 Å². The zero-order chi connectivity index (χ0) is 22.8. The maximum absolute atomic E-state index is 12.9. The van der Waals surface area contributed by atoms with Crippen LogP contribution in [-0.2, 0) is 16.1 Å². The van der Waals surface area contributed by atoms with Crippen LogP contribution >= 0.6 is 11.8 Å². The predicted molar refractivity (Wildman–Crippen MR) is 128 cm³/mol. The summed E-state index contributed by atoms with van der Waals surface area (Å²) in [6, 6.07) is 10.7. The zero-order valence-electron chi connectivity index (χ0n) is 18.4. The number of benzene rings is 2. The molecule has 7 nitrogen and oxygen atoms in total. The van der Waals surface area contributed by atoms with Gasteiger partial charge in [0, 0.05) is 24.4 Å². The Morgan fingerprint density at radius 3 is 2.72 bits per heavy atom. The summed E-state index contributed by atoms with van der Waals surface area (Å²) in [6.07, 6.45) is 1.63. The van der Waals surface area contributed by atoms with Gasteiger partial charge in [-0.25, -0.2) is 4.98 Å². The number of carbonyl (C=O) groups excluding carboxylic acids is 2. The van der Waals surface area contributed by atoms with Gasteiger partial charge in [-0.3, -0.25) is 19.0 Å². The number of hydrogen-bond acceptors (Lipinski definition) is 5. The normalized spacial score (nSPS) is 15.8. The maximum Gasteiger partial charge on any atom is 0.261 e. The van der Waals surface area contributed by atoms with E-state index < -0.39 is 6.04 Å². The Morgan fingerprint density at radius 1 is 1.12 bits per heavy atom. The van der Waals surface area contributed by atoms with E-state index in [2.05, 4.69) is 10.3 Å². The van der Waals surface area contributed by atoms with Crippen LogP contribution in [0.2, 0.25) is 0 Å². The molecule has 1 atom stereocenters. The minimum atomic E-state index is -0.525. The van der Waals surface area contributed by atoms with Crippen LogP contribution in [-0.4, -0.2) is 43.9 Å². The van der Waals surface area contributed by atoms with Crippen molar-refractivity contribution in [3.05, 3.63) is 69.8 Å². The SMILES string of the molecule is Cc1ccc(NC(=O)C2CSCN2C(=O)CCn2cnc3c(C)cccc3c2=O)cc1C. The Hall–Kier alpha value is -3.13. The molecule has 1 aliphatic rings. The fourth-order valence-electron chi connectivity index (χ4n) is 3.81. The molecule has 1 N–H and O–H groups in total. The van der Waals surface area contributed by atoms with Gasteiger partial charge >= 0.3 is 0 Å². The molecule has 8 heteroatoms. The van der Waals surface area contributed by atoms with Crippen molar-refractivity contribution in [2.75, 3.05) is 16.9 Å². The number of para-hydroxylation sites is 1. The van der Waals surface area contributed by atoms with E-state index in [0.717, 1.165) is 22.4 Å². The lowest BCUT2D eigenvalue weighted by molar-refractivity contribution is -0.136. The number of carbonyl (C=O) groups is 2. The van der Waals surface area contributed by atoms with Gasteiger partial charge in [-0.2, -0.15) is 0 Å². The van der Waals surface area contributed by atoms with Crippen LogP contribution in [0.25, 0.3) is 10.9 Å². The standard InChI is InChI=1S/C24H26N4O3S/c1-15-7-8-18(11-17(15)3)26-23(30)20-12-32-14-28(20)21(29)9-10-27-13-25-22-16(2)5-4-6-19(22)24(27)31/h4-8,11,13,20H,9-10,12,14H2,1-3H3,(H,26,30). The van der Waals surface area contributed by atoms with Crippen LogP contribution in [0.4, 0.5) is 5.69 Å². The van der Waals surface area contributed by atoms with Crippen molar-refractivity contribution in [2.45, 2.75) is 39.8 Å². The minimum absolute atomic E-state index is 0.132. The predicted octanol–water partition coefficient (Wildman–Crippen LogP) is 3.25. The van der Waals surface area contributed by atoms with Crippen molar-refractivity contribution in [3.8, 4) is 0 Å². The van der Waals surface area contributed by atoms with Crippen LogP contribution in [0, 0.1) is 20.8 Å². The van der Waals surface area contributed by atoms with E-state index in [9.17, 15) is 14.4 Å². The topological polar surface area (TPSA) is 84.3 Å². The van der Waals surface area contributed by atoms with E-state index >= 15 is 0 Å². The van der Waals surface area contributed by atoms with Crippen molar-refractivity contribution in [2.24, 2.45) is 0 Å². The summed E-state index contributed by atoms with van der Waals surface area (Å²) in [4.78, 5) is 44.5. The number of rotatable bonds is 5. The molecule has 0 bridgehead atoms. The molecule has 0 radical (unpaired) electrons. The summed E-state index contributed by atoms with van der Waals surface area (Å²) in [5.41, 5.74) is 4.44. The molecule has 3 aromatic rings. The van der Waals surface area contributed by atoms with E-state index in [-0.39, 0.29) is 30.3 Å². The van der Waals surface area contributed by atoms with Gasteiger partial charge in [0.1, 0.15) is 6.04 Å². The summed E-state index contributed by atoms with van der Waals surface area (Å²) in [5, 5.41) is 3.48. The lowest BCUT2D eigenvalue weighted by Gasteiger charge is -2.23. The average Bonchev–Trinajstić information content (AvgIpc) is 3.26. The van der Waals surface area contributed by atoms with Crippen molar-refractivity contribution in [1.82, 2.24) is 14.5 Å². The van der Waals surface area contributed by atoms with Gasteiger partial charge in [0.05, 0.1) is 23.1 Å². The van der Waals surface area contributed by atoms with Crippen LogP contribution in [0.1, 0.15) is 23.1 Å². The molecule has 0 saturated carbocycles. The first kappa shape index (κ1) is 22.1. The van der Waals surface area contributed by atoms with E-state index in [1.54, 1.807) is 22.7 Å². The van der Waals surface area contributed by atoms with Crippen LogP contribution in [0.5, 0.6) is 0 Å². The summed E-state index contributed by atoms with van der Waals surface area (Å²) in [5.74, 6) is 0.686. The zero-order valence-corrected chi connectivity index (χ0v) is 19.2. The molecule has 0 aliphatic carbocycles. The number of nitrogens with one attached hydrogen (secondary N) is 1. The van der Waals surface area contributed by atoms with E-state index in [0.29, 0.717) is 22.5 Å². The molecule has 1 saturated heterocycles. The molecule has 2 aromatic carbocycles. The summed E-state index contributed by atoms with van der Waals surface area (Å²) in [6.45, 7) is 6.15. The minimum Gasteiger partial charge on any atom is -0.324 e. The molecule has 2 amide bonds. The van der Waals surface area contributed by atoms with E-state index in [1.165, 1.54) is 10.9 Å². The maximum atomic E-state index is 12.9. The largest absolute Gasteiger partial charge is 0.324 e. The Balaban J connectivity index is 1.43. The number of aromatic nitrogens is 2. The molecule has 1 unspecified atom stereocenters. The van der Waals surface area contributed by atoms with Crippen LogP contribution in [0.3, 0.4) is 0 Å². The number of thioether (sulfide) groups is 1. The first-order valence-corrected chi connectivity index (χ1v) is 11.7. The van der Waals surface area contributed by atoms with Crippen LogP contribution < -0.4 is 10.9 Å². The van der Waals surface area contributed by atoms with Gasteiger partial charge in [0.2, 0.25) is 11.8 Å². The molecule has 32 heavy (non-hydrogen) atoms. The third-order valence-electron chi connectivity index (χ3n) is 5.90. The third-order valence-corrected chi connectivity index (χ3v) is 6.91. The van der Waals surface area contributed by atoms with Crippen molar-refractivity contribution in [1.29, 1.82) is 0 Å². The number of aryl methyl sites for hydroxylation is 4. The van der Waals surface area contributed by atoms with Gasteiger partial charge in [-0.15, -0.1) is 11.8 Å². The highest BCUT2D eigenvalue weighted by Gasteiger charge is 2.34. The average molecular weight is 451 g/mol. The number of amides is 2. The van der Waals surface area contributed by atoms with Gasteiger partial charge in [0.25, 0.3) is 5.56 Å². The Bertz CT molecular complexity index is 1250. The second-order valence-electron chi connectivity index (χ2n) is 8.13. The van der Waals surface area contributed by atoms with Gasteiger partial charge in [-0.1, -0.05) is 18.2 Å². The fraction of sp³-hybridized carbons (Fsp3) is 0.333. The monoisotopic (exact) mass is 450 g/mol. The highest BCUT2D eigenvalue weighted by Crippen LogP contribution is 2.24. The third kappa shape index (κ3) is 4.41. The fourth-order valence-corrected chi connectivity index (χ4v) is 4.99. The molecular weight excluding hydrogens is 424 g/mol. The lowest BCUT2D eigenvalue weighted by atomic mass is 10.1. The summed E-state index contributed by atoms with van der Waals surface area (Å²) in [7, 11) is 0. The summed E-state index contributed by atoms with van der Waals surface area (Å²) < 4.78 is 1.47. The smallest absolute Gasteiger partial charge is 0.261 e. The number of fused-ring (bicyclic) bond motifs is 1. The second kappa shape index (κ2) is 9.16. The molecule has 1 aliphatic heterocycles.